The van der Waals surface area contributed by atoms with Crippen LogP contribution in [0.25, 0.3) is 0 Å². The van der Waals surface area contributed by atoms with Gasteiger partial charge in [-0.05, 0) is 33.6 Å². The van der Waals surface area contributed by atoms with Crippen LogP contribution in [0.2, 0.25) is 0 Å². The van der Waals surface area contributed by atoms with Crippen molar-refractivity contribution in [2.45, 2.75) is 6.54 Å². The zero-order chi connectivity index (χ0) is 13.0. The molecule has 0 radical (unpaired) electrons. The zero-order valence-electron chi connectivity index (χ0n) is 9.57. The van der Waals surface area contributed by atoms with E-state index < -0.39 is 5.91 Å². The van der Waals surface area contributed by atoms with E-state index >= 15 is 0 Å². The van der Waals surface area contributed by atoms with Gasteiger partial charge in [-0.15, -0.1) is 0 Å². The summed E-state index contributed by atoms with van der Waals surface area (Å²) in [6.07, 6.45) is 0. The van der Waals surface area contributed by atoms with Crippen LogP contribution in [0.4, 0.5) is 0 Å². The van der Waals surface area contributed by atoms with Crippen molar-refractivity contribution in [3.8, 4) is 11.5 Å². The van der Waals surface area contributed by atoms with E-state index in [0.29, 0.717) is 31.3 Å². The van der Waals surface area contributed by atoms with Crippen molar-refractivity contribution in [1.82, 2.24) is 5.48 Å². The molecular weight excluding hydrogens is 304 g/mol. The van der Waals surface area contributed by atoms with Crippen LogP contribution in [0.5, 0.6) is 11.5 Å². The van der Waals surface area contributed by atoms with Crippen molar-refractivity contribution in [2.75, 3.05) is 19.8 Å². The molecule has 3 N–H and O–H groups in total. The minimum absolute atomic E-state index is 0.161. The Kier molecular flexibility index (Phi) is 4.40. The number of ether oxygens (including phenoxy) is 2. The number of rotatable bonds is 5. The molecule has 1 aromatic carbocycles. The summed E-state index contributed by atoms with van der Waals surface area (Å²) in [5, 5.41) is 0. The molecule has 0 saturated heterocycles. The molecular formula is C11H13BrN2O4. The van der Waals surface area contributed by atoms with Gasteiger partial charge in [0.1, 0.15) is 19.8 Å². The Morgan fingerprint density at radius 2 is 2.22 bits per heavy atom. The minimum atomic E-state index is -0.522. The molecule has 0 fully saturated rings. The Morgan fingerprint density at radius 1 is 1.44 bits per heavy atom. The van der Waals surface area contributed by atoms with Gasteiger partial charge < -0.3 is 15.2 Å². The van der Waals surface area contributed by atoms with Gasteiger partial charge in [0.25, 0.3) is 0 Å². The molecule has 2 rings (SSSR count). The number of hydroxylamine groups is 1. The molecule has 98 valence electrons. The molecule has 18 heavy (non-hydrogen) atoms. The van der Waals surface area contributed by atoms with E-state index in [2.05, 4.69) is 21.4 Å². The maximum absolute atomic E-state index is 10.5. The summed E-state index contributed by atoms with van der Waals surface area (Å²) in [6, 6.07) is 3.76. The Bertz CT molecular complexity index is 453. The number of carbonyl (C=O) groups is 1. The average molecular weight is 317 g/mol. The Labute approximate surface area is 112 Å². The van der Waals surface area contributed by atoms with E-state index in [9.17, 15) is 4.79 Å². The minimum Gasteiger partial charge on any atom is -0.486 e. The number of nitrogens with one attached hydrogen (secondary N) is 1. The van der Waals surface area contributed by atoms with E-state index in [-0.39, 0.29) is 6.61 Å². The average Bonchev–Trinajstić information content (AvgIpc) is 2.35. The summed E-state index contributed by atoms with van der Waals surface area (Å²) in [7, 11) is 0. The molecule has 6 nitrogen and oxygen atoms in total. The summed E-state index contributed by atoms with van der Waals surface area (Å²) in [4.78, 5) is 15.3. The molecule has 0 saturated carbocycles. The van der Waals surface area contributed by atoms with Crippen LogP contribution in [0.3, 0.4) is 0 Å². The van der Waals surface area contributed by atoms with E-state index in [1.54, 1.807) is 0 Å². The standard InChI is InChI=1S/C11H13BrN2O4/c12-8-3-7(5-14-18-6-10(13)15)4-9-11(8)17-2-1-16-9/h3-4,14H,1-2,5-6H2,(H2,13,15). The molecule has 0 aromatic heterocycles. The molecule has 0 aliphatic carbocycles. The molecule has 1 amide bonds. The van der Waals surface area contributed by atoms with E-state index in [4.69, 9.17) is 20.0 Å². The van der Waals surface area contributed by atoms with Gasteiger partial charge in [-0.1, -0.05) is 0 Å². The van der Waals surface area contributed by atoms with Gasteiger partial charge in [0.2, 0.25) is 5.91 Å². The molecule has 0 bridgehead atoms. The molecule has 1 aliphatic heterocycles. The second-order valence-electron chi connectivity index (χ2n) is 3.68. The predicted octanol–water partition coefficient (Wildman–Crippen LogP) is 0.727. The fraction of sp³-hybridized carbons (Fsp3) is 0.364. The molecule has 1 aliphatic rings. The zero-order valence-corrected chi connectivity index (χ0v) is 11.2. The number of carbonyl (C=O) groups excluding carboxylic acids is 1. The highest BCUT2D eigenvalue weighted by Crippen LogP contribution is 2.38. The monoisotopic (exact) mass is 316 g/mol. The van der Waals surface area contributed by atoms with Gasteiger partial charge in [0.05, 0.1) is 4.47 Å². The first-order valence-electron chi connectivity index (χ1n) is 5.38. The maximum Gasteiger partial charge on any atom is 0.245 e. The van der Waals surface area contributed by atoms with E-state index in [1.165, 1.54) is 0 Å². The summed E-state index contributed by atoms with van der Waals surface area (Å²) in [5.74, 6) is 0.885. The van der Waals surface area contributed by atoms with Crippen molar-refractivity contribution < 1.29 is 19.1 Å². The second kappa shape index (κ2) is 6.03. The fourth-order valence-electron chi connectivity index (χ4n) is 1.52. The number of amides is 1. The molecule has 0 atom stereocenters. The van der Waals surface area contributed by atoms with Crippen molar-refractivity contribution in [3.63, 3.8) is 0 Å². The van der Waals surface area contributed by atoms with Crippen LogP contribution in [0.1, 0.15) is 5.56 Å². The van der Waals surface area contributed by atoms with Gasteiger partial charge in [-0.3, -0.25) is 9.63 Å². The molecule has 0 unspecified atom stereocenters. The Morgan fingerprint density at radius 3 is 3.00 bits per heavy atom. The van der Waals surface area contributed by atoms with Crippen molar-refractivity contribution in [2.24, 2.45) is 5.73 Å². The van der Waals surface area contributed by atoms with Crippen molar-refractivity contribution >= 4 is 21.8 Å². The molecule has 0 spiro atoms. The second-order valence-corrected chi connectivity index (χ2v) is 4.53. The molecule has 7 heteroatoms. The van der Waals surface area contributed by atoms with Gasteiger partial charge in [0.15, 0.2) is 11.5 Å². The van der Waals surface area contributed by atoms with Gasteiger partial charge in [-0.2, -0.15) is 5.48 Å². The topological polar surface area (TPSA) is 82.8 Å². The highest BCUT2D eigenvalue weighted by molar-refractivity contribution is 9.10. The maximum atomic E-state index is 10.5. The number of benzene rings is 1. The first-order chi connectivity index (χ1) is 8.66. The summed E-state index contributed by atoms with van der Waals surface area (Å²) in [6.45, 7) is 1.35. The van der Waals surface area contributed by atoms with Crippen molar-refractivity contribution in [3.05, 3.63) is 22.2 Å². The summed E-state index contributed by atoms with van der Waals surface area (Å²) in [5.41, 5.74) is 8.53. The summed E-state index contributed by atoms with van der Waals surface area (Å²) >= 11 is 3.42. The predicted molar refractivity (Wildman–Crippen MR) is 67.1 cm³/mol. The molecule has 1 heterocycles. The van der Waals surface area contributed by atoms with Crippen LogP contribution in [0.15, 0.2) is 16.6 Å². The number of halogens is 1. The normalized spacial score (nSPS) is 13.4. The Balaban J connectivity index is 1.97. The number of primary amides is 1. The van der Waals surface area contributed by atoms with Crippen LogP contribution >= 0.6 is 15.9 Å². The fourth-order valence-corrected chi connectivity index (χ4v) is 2.13. The number of fused-ring (bicyclic) bond motifs is 1. The summed E-state index contributed by atoms with van der Waals surface area (Å²) < 4.78 is 11.8. The first kappa shape index (κ1) is 13.1. The third-order valence-electron chi connectivity index (χ3n) is 2.25. The van der Waals surface area contributed by atoms with Crippen LogP contribution < -0.4 is 20.7 Å². The van der Waals surface area contributed by atoms with Gasteiger partial charge >= 0.3 is 0 Å². The molecule has 1 aromatic rings. The third-order valence-corrected chi connectivity index (χ3v) is 2.84. The van der Waals surface area contributed by atoms with Crippen LogP contribution in [-0.4, -0.2) is 25.7 Å². The van der Waals surface area contributed by atoms with E-state index in [1.807, 2.05) is 12.1 Å². The third kappa shape index (κ3) is 3.34. The quantitative estimate of drug-likeness (QED) is 0.618. The number of hydrogen-bond acceptors (Lipinski definition) is 5. The van der Waals surface area contributed by atoms with Gasteiger partial charge in [-0.25, -0.2) is 0 Å². The van der Waals surface area contributed by atoms with E-state index in [0.717, 1.165) is 10.0 Å². The lowest BCUT2D eigenvalue weighted by atomic mass is 10.2. The van der Waals surface area contributed by atoms with Crippen molar-refractivity contribution in [1.29, 1.82) is 0 Å². The van der Waals surface area contributed by atoms with Crippen LogP contribution in [-0.2, 0) is 16.2 Å². The lowest BCUT2D eigenvalue weighted by Gasteiger charge is -2.20. The smallest absolute Gasteiger partial charge is 0.245 e. The lowest BCUT2D eigenvalue weighted by molar-refractivity contribution is -0.125. The highest BCUT2D eigenvalue weighted by Gasteiger charge is 2.16. The van der Waals surface area contributed by atoms with Gasteiger partial charge in [0, 0.05) is 6.54 Å². The number of hydrogen-bond donors (Lipinski definition) is 2. The highest BCUT2D eigenvalue weighted by atomic mass is 79.9. The largest absolute Gasteiger partial charge is 0.486 e. The SMILES string of the molecule is NC(=O)CONCc1cc(Br)c2c(c1)OCCO2. The lowest BCUT2D eigenvalue weighted by Crippen LogP contribution is -2.24. The Hall–Kier alpha value is -1.31. The number of nitrogens with two attached hydrogens (primary N) is 1. The van der Waals surface area contributed by atoms with Crippen LogP contribution in [0, 0.1) is 0 Å². The first-order valence-corrected chi connectivity index (χ1v) is 6.17.